The molecule has 2 rings (SSSR count). The van der Waals surface area contributed by atoms with Gasteiger partial charge in [0.25, 0.3) is 5.56 Å². The molecule has 102 valence electrons. The molecule has 6 heteroatoms. The second-order valence-corrected chi connectivity index (χ2v) is 6.39. The van der Waals surface area contributed by atoms with Crippen LogP contribution in [-0.2, 0) is 6.54 Å². The Balaban J connectivity index is 1.93. The van der Waals surface area contributed by atoms with E-state index in [9.17, 15) is 4.79 Å². The van der Waals surface area contributed by atoms with Crippen molar-refractivity contribution in [2.45, 2.75) is 26.4 Å². The third kappa shape index (κ3) is 3.64. The highest BCUT2D eigenvalue weighted by Crippen LogP contribution is 2.17. The van der Waals surface area contributed by atoms with Crippen molar-refractivity contribution in [1.82, 2.24) is 14.9 Å². The fourth-order valence-corrected chi connectivity index (χ4v) is 2.95. The summed E-state index contributed by atoms with van der Waals surface area (Å²) >= 11 is 3.79. The minimum Gasteiger partial charge on any atom is -0.308 e. The van der Waals surface area contributed by atoms with Crippen LogP contribution in [0.4, 0.5) is 0 Å². The number of aryl methyl sites for hydroxylation is 1. The summed E-state index contributed by atoms with van der Waals surface area (Å²) in [6, 6.07) is 4.48. The highest BCUT2D eigenvalue weighted by atomic mass is 127. The van der Waals surface area contributed by atoms with Crippen molar-refractivity contribution in [3.05, 3.63) is 48.3 Å². The van der Waals surface area contributed by atoms with Crippen LogP contribution in [-0.4, -0.2) is 16.1 Å². The monoisotopic (exact) mass is 389 g/mol. The average Bonchev–Trinajstić information content (AvgIpc) is 2.92. The lowest BCUT2D eigenvalue weighted by molar-refractivity contribution is 0.524. The number of rotatable bonds is 5. The van der Waals surface area contributed by atoms with E-state index in [0.717, 1.165) is 12.2 Å². The van der Waals surface area contributed by atoms with Gasteiger partial charge in [-0.15, -0.1) is 11.3 Å². The van der Waals surface area contributed by atoms with Crippen molar-refractivity contribution in [1.29, 1.82) is 0 Å². The van der Waals surface area contributed by atoms with E-state index in [1.54, 1.807) is 22.2 Å². The summed E-state index contributed by atoms with van der Waals surface area (Å²) in [5.41, 5.74) is 0.834. The number of hydrogen-bond acceptors (Lipinski definition) is 4. The van der Waals surface area contributed by atoms with E-state index in [1.165, 1.54) is 4.88 Å². The highest BCUT2D eigenvalue weighted by molar-refractivity contribution is 14.1. The van der Waals surface area contributed by atoms with E-state index in [-0.39, 0.29) is 5.56 Å². The van der Waals surface area contributed by atoms with Crippen LogP contribution in [0.2, 0.25) is 0 Å². The van der Waals surface area contributed by atoms with Gasteiger partial charge in [-0.05, 0) is 47.9 Å². The van der Waals surface area contributed by atoms with E-state index in [2.05, 4.69) is 57.3 Å². The summed E-state index contributed by atoms with van der Waals surface area (Å²) in [6.45, 7) is 5.37. The zero-order valence-electron chi connectivity index (χ0n) is 10.9. The van der Waals surface area contributed by atoms with Gasteiger partial charge in [0.05, 0.1) is 15.6 Å². The molecule has 0 amide bonds. The largest absolute Gasteiger partial charge is 0.308 e. The fourth-order valence-electron chi connectivity index (χ4n) is 1.75. The summed E-state index contributed by atoms with van der Waals surface area (Å²) in [5, 5.41) is 5.49. The number of hydrogen-bond donors (Lipinski definition) is 1. The lowest BCUT2D eigenvalue weighted by Gasteiger charge is -2.13. The smallest absolute Gasteiger partial charge is 0.267 e. The van der Waals surface area contributed by atoms with Gasteiger partial charge in [-0.25, -0.2) is 4.98 Å². The highest BCUT2D eigenvalue weighted by Gasteiger charge is 2.07. The van der Waals surface area contributed by atoms with E-state index in [1.807, 2.05) is 6.92 Å². The predicted molar refractivity (Wildman–Crippen MR) is 86.7 cm³/mol. The van der Waals surface area contributed by atoms with E-state index in [0.29, 0.717) is 16.2 Å². The summed E-state index contributed by atoms with van der Waals surface area (Å²) in [6.07, 6.45) is 1.62. The van der Waals surface area contributed by atoms with Crippen LogP contribution in [0.5, 0.6) is 0 Å². The molecule has 0 aliphatic carbocycles. The molecule has 0 fully saturated rings. The number of nitrogens with one attached hydrogen (secondary N) is 1. The van der Waals surface area contributed by atoms with Gasteiger partial charge in [0.15, 0.2) is 0 Å². The van der Waals surface area contributed by atoms with Gasteiger partial charge in [0, 0.05) is 24.0 Å². The first-order valence-corrected chi connectivity index (χ1v) is 8.03. The van der Waals surface area contributed by atoms with Gasteiger partial charge in [-0.3, -0.25) is 9.36 Å². The van der Waals surface area contributed by atoms with Crippen molar-refractivity contribution in [2.75, 3.05) is 6.54 Å². The van der Waals surface area contributed by atoms with Crippen molar-refractivity contribution >= 4 is 33.9 Å². The molecule has 2 heterocycles. The Morgan fingerprint density at radius 1 is 1.58 bits per heavy atom. The van der Waals surface area contributed by atoms with Gasteiger partial charge >= 0.3 is 0 Å². The maximum absolute atomic E-state index is 12.0. The molecule has 4 nitrogen and oxygen atoms in total. The minimum atomic E-state index is 0.0404. The molecule has 0 aliphatic rings. The molecule has 2 aromatic heterocycles. The van der Waals surface area contributed by atoms with Crippen LogP contribution in [0.25, 0.3) is 0 Å². The zero-order valence-corrected chi connectivity index (χ0v) is 13.9. The van der Waals surface area contributed by atoms with Crippen LogP contribution in [0.15, 0.2) is 28.6 Å². The molecule has 0 saturated carbocycles. The first kappa shape index (κ1) is 14.7. The van der Waals surface area contributed by atoms with Crippen LogP contribution in [0.1, 0.15) is 23.5 Å². The number of thiophene rings is 1. The topological polar surface area (TPSA) is 46.9 Å². The number of nitrogens with zero attached hydrogens (tertiary/aromatic N) is 2. The average molecular weight is 389 g/mol. The zero-order chi connectivity index (χ0) is 13.8. The normalized spacial score (nSPS) is 12.6. The van der Waals surface area contributed by atoms with Crippen LogP contribution >= 0.6 is 33.9 Å². The second-order valence-electron chi connectivity index (χ2n) is 4.33. The molecule has 2 aromatic rings. The van der Waals surface area contributed by atoms with Crippen LogP contribution < -0.4 is 10.9 Å². The van der Waals surface area contributed by atoms with Crippen LogP contribution in [0, 0.1) is 10.5 Å². The van der Waals surface area contributed by atoms with Gasteiger partial charge in [-0.2, -0.15) is 0 Å². The molecule has 0 spiro atoms. The first-order chi connectivity index (χ1) is 9.09. The van der Waals surface area contributed by atoms with Gasteiger partial charge in [0.2, 0.25) is 0 Å². The predicted octanol–water partition coefficient (Wildman–Crippen LogP) is 2.57. The lowest BCUT2D eigenvalue weighted by atomic mass is 10.3. The van der Waals surface area contributed by atoms with E-state index < -0.39 is 0 Å². The Kier molecular flexibility index (Phi) is 5.12. The Labute approximate surface area is 130 Å². The molecule has 0 aromatic carbocycles. The number of aromatic nitrogens is 2. The maximum atomic E-state index is 12.0. The molecular weight excluding hydrogens is 373 g/mol. The van der Waals surface area contributed by atoms with E-state index in [4.69, 9.17) is 0 Å². The summed E-state index contributed by atoms with van der Waals surface area (Å²) in [7, 11) is 0. The Morgan fingerprint density at radius 3 is 3.05 bits per heavy atom. The first-order valence-electron chi connectivity index (χ1n) is 6.08. The molecule has 1 N–H and O–H groups in total. The third-order valence-corrected chi connectivity index (χ3v) is 5.23. The van der Waals surface area contributed by atoms with Crippen molar-refractivity contribution in [3.8, 4) is 0 Å². The number of halogens is 1. The molecule has 1 atom stereocenters. The van der Waals surface area contributed by atoms with Gasteiger partial charge in [0.1, 0.15) is 0 Å². The Morgan fingerprint density at radius 2 is 2.37 bits per heavy atom. The molecule has 0 radical (unpaired) electrons. The molecule has 1 unspecified atom stereocenters. The third-order valence-electron chi connectivity index (χ3n) is 2.93. The summed E-state index contributed by atoms with van der Waals surface area (Å²) in [5.74, 6) is 0. The molecule has 0 bridgehead atoms. The van der Waals surface area contributed by atoms with Crippen molar-refractivity contribution in [3.63, 3.8) is 0 Å². The molecule has 0 saturated heterocycles. The van der Waals surface area contributed by atoms with Gasteiger partial charge in [-0.1, -0.05) is 6.07 Å². The Hall–Kier alpha value is -0.730. The van der Waals surface area contributed by atoms with Gasteiger partial charge < -0.3 is 5.32 Å². The lowest BCUT2D eigenvalue weighted by Crippen LogP contribution is -2.30. The second kappa shape index (κ2) is 6.62. The van der Waals surface area contributed by atoms with Crippen molar-refractivity contribution < 1.29 is 0 Å². The standard InChI is InChI=1S/C13H16IN3OS/c1-9(11-4-3-7-19-11)15-5-6-17-8-16-10(2)12(14)13(17)18/h3-4,7-9,15H,5-6H2,1-2H3. The van der Waals surface area contributed by atoms with Crippen LogP contribution in [0.3, 0.4) is 0 Å². The molecular formula is C13H16IN3OS. The molecule has 19 heavy (non-hydrogen) atoms. The SMILES string of the molecule is Cc1ncn(CCNC(C)c2cccs2)c(=O)c1I. The van der Waals surface area contributed by atoms with Crippen molar-refractivity contribution in [2.24, 2.45) is 0 Å². The minimum absolute atomic E-state index is 0.0404. The summed E-state index contributed by atoms with van der Waals surface area (Å²) < 4.78 is 2.36. The maximum Gasteiger partial charge on any atom is 0.267 e. The fraction of sp³-hybridized carbons (Fsp3) is 0.385. The Bertz CT molecular complexity index is 594. The molecule has 0 aliphatic heterocycles. The summed E-state index contributed by atoms with van der Waals surface area (Å²) in [4.78, 5) is 17.5. The quantitative estimate of drug-likeness (QED) is 0.800. The van der Waals surface area contributed by atoms with E-state index >= 15 is 0 Å².